The van der Waals surface area contributed by atoms with Crippen molar-refractivity contribution in [1.82, 2.24) is 0 Å². The van der Waals surface area contributed by atoms with Crippen LogP contribution in [0.5, 0.6) is 0 Å². The number of aryl methyl sites for hydroxylation is 1. The van der Waals surface area contributed by atoms with Crippen LogP contribution in [0.2, 0.25) is 6.32 Å². The Bertz CT molecular complexity index is 504. The Morgan fingerprint density at radius 2 is 1.45 bits per heavy atom. The summed E-state index contributed by atoms with van der Waals surface area (Å²) in [6.45, 7) is 9.85. The minimum atomic E-state index is -0.472. The zero-order valence-corrected chi connectivity index (χ0v) is 14.1. The maximum atomic E-state index is 14.1. The Morgan fingerprint density at radius 3 is 1.91 bits per heavy atom. The van der Waals surface area contributed by atoms with Gasteiger partial charge in [-0.1, -0.05) is 13.3 Å². The van der Waals surface area contributed by atoms with E-state index in [2.05, 4.69) is 0 Å². The topological polar surface area (TPSA) is 18.5 Å². The normalized spacial score (nSPS) is 19.7. The van der Waals surface area contributed by atoms with Crippen LogP contribution in [-0.4, -0.2) is 18.3 Å². The van der Waals surface area contributed by atoms with Crippen molar-refractivity contribution in [2.45, 2.75) is 71.4 Å². The van der Waals surface area contributed by atoms with Crippen molar-refractivity contribution in [1.29, 1.82) is 0 Å². The molecule has 0 bridgehead atoms. The molecule has 0 saturated carbocycles. The lowest BCUT2D eigenvalue weighted by Crippen LogP contribution is -2.41. The first-order valence-corrected chi connectivity index (χ1v) is 7.98. The van der Waals surface area contributed by atoms with Crippen molar-refractivity contribution < 1.29 is 18.1 Å². The smallest absolute Gasteiger partial charge is 0.403 e. The Labute approximate surface area is 132 Å². The molecule has 0 atom stereocenters. The first-order chi connectivity index (χ1) is 10.2. The van der Waals surface area contributed by atoms with Gasteiger partial charge in [0.2, 0.25) is 0 Å². The number of hydrogen-bond acceptors (Lipinski definition) is 2. The third kappa shape index (κ3) is 3.52. The summed E-state index contributed by atoms with van der Waals surface area (Å²) in [5, 5.41) is 0. The molecule has 0 unspecified atom stereocenters. The largest absolute Gasteiger partial charge is 0.458 e. The minimum Gasteiger partial charge on any atom is -0.403 e. The molecule has 22 heavy (non-hydrogen) atoms. The number of benzene rings is 1. The third-order valence-corrected chi connectivity index (χ3v) is 4.67. The first-order valence-electron chi connectivity index (χ1n) is 7.98. The molecule has 0 spiro atoms. The Morgan fingerprint density at radius 1 is 0.955 bits per heavy atom. The van der Waals surface area contributed by atoms with E-state index in [4.69, 9.17) is 9.31 Å². The van der Waals surface area contributed by atoms with Crippen LogP contribution in [0.15, 0.2) is 12.1 Å². The number of rotatable bonds is 5. The molecule has 1 fully saturated rings. The van der Waals surface area contributed by atoms with E-state index in [1.807, 2.05) is 34.6 Å². The summed E-state index contributed by atoms with van der Waals surface area (Å²) in [4.78, 5) is 0. The summed E-state index contributed by atoms with van der Waals surface area (Å²) in [6.07, 6.45) is 2.26. The molecule has 1 heterocycles. The highest BCUT2D eigenvalue weighted by Gasteiger charge is 2.50. The molecule has 1 saturated heterocycles. The molecule has 1 aliphatic heterocycles. The van der Waals surface area contributed by atoms with E-state index in [1.54, 1.807) is 0 Å². The van der Waals surface area contributed by atoms with Gasteiger partial charge < -0.3 is 9.31 Å². The molecule has 0 amide bonds. The minimum absolute atomic E-state index is 0.120. The number of hydrogen-bond donors (Lipinski definition) is 0. The lowest BCUT2D eigenvalue weighted by Gasteiger charge is -2.32. The van der Waals surface area contributed by atoms with Gasteiger partial charge in [-0.2, -0.15) is 0 Å². The highest BCUT2D eigenvalue weighted by Crippen LogP contribution is 2.38. The van der Waals surface area contributed by atoms with Gasteiger partial charge in [0.1, 0.15) is 11.6 Å². The van der Waals surface area contributed by atoms with Gasteiger partial charge in [0.25, 0.3) is 0 Å². The van der Waals surface area contributed by atoms with Crippen LogP contribution in [0, 0.1) is 11.6 Å². The fourth-order valence-electron chi connectivity index (χ4n) is 2.67. The summed E-state index contributed by atoms with van der Waals surface area (Å²) >= 11 is 0. The predicted molar refractivity (Wildman–Crippen MR) is 84.9 cm³/mol. The van der Waals surface area contributed by atoms with Gasteiger partial charge >= 0.3 is 7.12 Å². The van der Waals surface area contributed by atoms with Crippen LogP contribution >= 0.6 is 0 Å². The highest BCUT2D eigenvalue weighted by molar-refractivity contribution is 6.45. The molecule has 122 valence electrons. The highest BCUT2D eigenvalue weighted by atomic mass is 19.1. The molecule has 1 aliphatic rings. The van der Waals surface area contributed by atoms with Gasteiger partial charge in [0.05, 0.1) is 11.2 Å². The molecule has 0 N–H and O–H groups in total. The van der Waals surface area contributed by atoms with Crippen molar-refractivity contribution >= 4 is 7.12 Å². The molecule has 1 aromatic rings. The average molecular weight is 310 g/mol. The average Bonchev–Trinajstić information content (AvgIpc) is 2.57. The molecule has 1 aromatic carbocycles. The lowest BCUT2D eigenvalue weighted by molar-refractivity contribution is 0.00578. The second kappa shape index (κ2) is 6.28. The van der Waals surface area contributed by atoms with Crippen LogP contribution < -0.4 is 0 Å². The summed E-state index contributed by atoms with van der Waals surface area (Å²) < 4.78 is 39.9. The maximum Gasteiger partial charge on any atom is 0.458 e. The molecule has 0 aliphatic carbocycles. The van der Waals surface area contributed by atoms with Gasteiger partial charge in [-0.25, -0.2) is 8.78 Å². The Hall–Kier alpha value is -0.935. The van der Waals surface area contributed by atoms with E-state index in [1.165, 1.54) is 12.1 Å². The molecular weight excluding hydrogens is 285 g/mol. The van der Waals surface area contributed by atoms with Crippen molar-refractivity contribution in [3.63, 3.8) is 0 Å². The molecule has 0 aromatic heterocycles. The molecule has 0 radical (unpaired) electrons. The van der Waals surface area contributed by atoms with Crippen LogP contribution in [0.25, 0.3) is 0 Å². The summed E-state index contributed by atoms with van der Waals surface area (Å²) in [5.41, 5.74) is -0.00844. The van der Waals surface area contributed by atoms with Crippen molar-refractivity contribution in [2.24, 2.45) is 0 Å². The zero-order valence-electron chi connectivity index (χ0n) is 14.1. The molecule has 5 heteroatoms. The molecular formula is C17H25BF2O2. The van der Waals surface area contributed by atoms with Crippen LogP contribution in [-0.2, 0) is 22.2 Å². The van der Waals surface area contributed by atoms with E-state index in [9.17, 15) is 8.78 Å². The van der Waals surface area contributed by atoms with E-state index < -0.39 is 30.0 Å². The van der Waals surface area contributed by atoms with Crippen molar-refractivity contribution in [3.8, 4) is 0 Å². The Balaban J connectivity index is 2.04. The predicted octanol–water partition coefficient (Wildman–Crippen LogP) is 4.55. The fraction of sp³-hybridized carbons (Fsp3) is 0.647. The van der Waals surface area contributed by atoms with Gasteiger partial charge in [-0.15, -0.1) is 0 Å². The van der Waals surface area contributed by atoms with Gasteiger partial charge in [0.15, 0.2) is 0 Å². The molecule has 2 nitrogen and oxygen atoms in total. The van der Waals surface area contributed by atoms with E-state index in [0.717, 1.165) is 6.42 Å². The van der Waals surface area contributed by atoms with Crippen molar-refractivity contribution in [2.75, 3.05) is 0 Å². The lowest BCUT2D eigenvalue weighted by atomic mass is 9.81. The summed E-state index contributed by atoms with van der Waals surface area (Å²) in [6, 6.07) is 2.87. The van der Waals surface area contributed by atoms with Crippen LogP contribution in [0.4, 0.5) is 8.78 Å². The summed E-state index contributed by atoms with van der Waals surface area (Å²) in [7, 11) is -0.431. The van der Waals surface area contributed by atoms with Crippen molar-refractivity contribution in [3.05, 3.63) is 34.9 Å². The van der Waals surface area contributed by atoms with Crippen LogP contribution in [0.1, 0.15) is 52.2 Å². The Kier molecular flexibility index (Phi) is 4.98. The zero-order chi connectivity index (χ0) is 16.5. The van der Waals surface area contributed by atoms with Gasteiger partial charge in [-0.3, -0.25) is 0 Å². The van der Waals surface area contributed by atoms with E-state index >= 15 is 0 Å². The monoisotopic (exact) mass is 310 g/mol. The third-order valence-electron chi connectivity index (χ3n) is 4.67. The quantitative estimate of drug-likeness (QED) is 0.743. The maximum absolute atomic E-state index is 14.1. The van der Waals surface area contributed by atoms with E-state index in [0.29, 0.717) is 18.3 Å². The second-order valence-electron chi connectivity index (χ2n) is 7.01. The SMILES string of the molecule is CCCc1cc(F)c(CCB2OC(C)(C)C(C)(C)O2)c(F)c1. The fourth-order valence-corrected chi connectivity index (χ4v) is 2.67. The van der Waals surface area contributed by atoms with Gasteiger partial charge in [-0.05, 0) is 64.6 Å². The standard InChI is InChI=1S/C17H25BF2O2/c1-6-7-12-10-14(19)13(15(20)11-12)8-9-18-21-16(2,3)17(4,5)22-18/h10-11H,6-9H2,1-5H3. The van der Waals surface area contributed by atoms with E-state index in [-0.39, 0.29) is 12.0 Å². The molecule has 2 rings (SSSR count). The van der Waals surface area contributed by atoms with Gasteiger partial charge in [0, 0.05) is 5.56 Å². The number of halogens is 2. The summed E-state index contributed by atoms with van der Waals surface area (Å²) in [5.74, 6) is -0.945. The first kappa shape index (κ1) is 17.4. The van der Waals surface area contributed by atoms with Crippen LogP contribution in [0.3, 0.4) is 0 Å². The second-order valence-corrected chi connectivity index (χ2v) is 7.01.